The normalized spacial score (nSPS) is 22.7. The quantitative estimate of drug-likeness (QED) is 0.139. The van der Waals surface area contributed by atoms with Crippen LogP contribution in [0.4, 0.5) is 0 Å². The molecule has 0 amide bonds. The molecule has 0 spiro atoms. The highest BCUT2D eigenvalue weighted by atomic mass is 16.4. The predicted octanol–water partition coefficient (Wildman–Crippen LogP) is 8.79. The zero-order chi connectivity index (χ0) is 24.6. The number of carboxylic acids is 2. The van der Waals surface area contributed by atoms with Gasteiger partial charge in [0.15, 0.2) is 0 Å². The van der Waals surface area contributed by atoms with Crippen LogP contribution in [0.15, 0.2) is 12.2 Å². The van der Waals surface area contributed by atoms with Crippen LogP contribution in [0.2, 0.25) is 0 Å². The largest absolute Gasteiger partial charge is 0.481 e. The first-order valence-corrected chi connectivity index (χ1v) is 13.9. The van der Waals surface area contributed by atoms with Gasteiger partial charge in [-0.25, -0.2) is 0 Å². The molecule has 0 fully saturated rings. The molecule has 1 rings (SSSR count). The Balaban J connectivity index is 2.22. The molecule has 0 bridgehead atoms. The fourth-order valence-electron chi connectivity index (χ4n) is 5.79. The highest BCUT2D eigenvalue weighted by Crippen LogP contribution is 2.54. The zero-order valence-corrected chi connectivity index (χ0v) is 21.9. The maximum Gasteiger partial charge on any atom is 0.311 e. The van der Waals surface area contributed by atoms with Crippen molar-refractivity contribution >= 4 is 11.9 Å². The minimum Gasteiger partial charge on any atom is -0.481 e. The lowest BCUT2D eigenvalue weighted by atomic mass is 9.54. The van der Waals surface area contributed by atoms with E-state index < -0.39 is 22.8 Å². The molecule has 4 heteroatoms. The molecule has 0 aromatic carbocycles. The Labute approximate surface area is 203 Å². The molecular formula is C29H52O4. The number of allylic oxidation sites excluding steroid dienone is 2. The summed E-state index contributed by atoms with van der Waals surface area (Å²) in [6.07, 6.45) is 23.7. The van der Waals surface area contributed by atoms with Gasteiger partial charge in [0.2, 0.25) is 0 Å². The van der Waals surface area contributed by atoms with Crippen LogP contribution in [-0.4, -0.2) is 22.2 Å². The van der Waals surface area contributed by atoms with E-state index in [4.69, 9.17) is 0 Å². The van der Waals surface area contributed by atoms with Crippen molar-refractivity contribution < 1.29 is 19.8 Å². The third-order valence-electron chi connectivity index (χ3n) is 7.90. The topological polar surface area (TPSA) is 74.6 Å². The van der Waals surface area contributed by atoms with Crippen molar-refractivity contribution in [1.29, 1.82) is 0 Å². The minimum absolute atomic E-state index is 0.334. The van der Waals surface area contributed by atoms with Crippen molar-refractivity contribution in [2.45, 2.75) is 143 Å². The van der Waals surface area contributed by atoms with E-state index in [1.165, 1.54) is 70.6 Å². The SMILES string of the molecule is CCCC1(C(=O)O)CC=CCC1(CCCCCCCCCCCCCCCC(C)C)C(=O)O. The van der Waals surface area contributed by atoms with Crippen LogP contribution < -0.4 is 0 Å². The number of aliphatic carboxylic acids is 2. The second kappa shape index (κ2) is 16.3. The molecule has 2 atom stereocenters. The van der Waals surface area contributed by atoms with Gasteiger partial charge in [-0.2, -0.15) is 0 Å². The molecule has 192 valence electrons. The first kappa shape index (κ1) is 29.7. The number of unbranched alkanes of at least 4 members (excludes halogenated alkanes) is 12. The van der Waals surface area contributed by atoms with E-state index in [1.807, 2.05) is 19.1 Å². The standard InChI is InChI=1S/C29H52O4/c1-4-21-28(26(30)31)23-18-19-24-29(28,27(32)33)22-17-15-13-11-9-7-5-6-8-10-12-14-16-20-25(2)3/h18-19,25H,4-17,20-24H2,1-3H3,(H,30,31)(H,32,33). The summed E-state index contributed by atoms with van der Waals surface area (Å²) in [7, 11) is 0. The van der Waals surface area contributed by atoms with Gasteiger partial charge in [-0.15, -0.1) is 0 Å². The van der Waals surface area contributed by atoms with Gasteiger partial charge in [-0.3, -0.25) is 9.59 Å². The van der Waals surface area contributed by atoms with Crippen LogP contribution in [0.25, 0.3) is 0 Å². The summed E-state index contributed by atoms with van der Waals surface area (Å²) < 4.78 is 0. The van der Waals surface area contributed by atoms with Gasteiger partial charge >= 0.3 is 11.9 Å². The van der Waals surface area contributed by atoms with E-state index in [1.54, 1.807) is 0 Å². The van der Waals surface area contributed by atoms with Gasteiger partial charge in [0.25, 0.3) is 0 Å². The average molecular weight is 465 g/mol. The van der Waals surface area contributed by atoms with Crippen LogP contribution in [0.1, 0.15) is 143 Å². The van der Waals surface area contributed by atoms with Crippen LogP contribution in [0, 0.1) is 16.7 Å². The summed E-state index contributed by atoms with van der Waals surface area (Å²) in [6, 6.07) is 0. The maximum absolute atomic E-state index is 12.4. The Hall–Kier alpha value is -1.32. The van der Waals surface area contributed by atoms with Gasteiger partial charge < -0.3 is 10.2 Å². The van der Waals surface area contributed by atoms with Crippen molar-refractivity contribution in [1.82, 2.24) is 0 Å². The molecule has 0 saturated carbocycles. The summed E-state index contributed by atoms with van der Waals surface area (Å²) >= 11 is 0. The van der Waals surface area contributed by atoms with Gasteiger partial charge in [-0.1, -0.05) is 129 Å². The Kier molecular flexibility index (Phi) is 14.7. The fourth-order valence-corrected chi connectivity index (χ4v) is 5.79. The van der Waals surface area contributed by atoms with Crippen molar-refractivity contribution in [3.05, 3.63) is 12.2 Å². The first-order valence-electron chi connectivity index (χ1n) is 13.9. The van der Waals surface area contributed by atoms with Crippen molar-refractivity contribution in [3.8, 4) is 0 Å². The van der Waals surface area contributed by atoms with Crippen molar-refractivity contribution in [2.75, 3.05) is 0 Å². The highest BCUT2D eigenvalue weighted by Gasteiger charge is 2.60. The molecule has 0 heterocycles. The molecule has 0 saturated heterocycles. The predicted molar refractivity (Wildman–Crippen MR) is 138 cm³/mol. The number of hydrogen-bond donors (Lipinski definition) is 2. The van der Waals surface area contributed by atoms with Crippen LogP contribution in [0.5, 0.6) is 0 Å². The average Bonchev–Trinajstić information content (AvgIpc) is 2.77. The van der Waals surface area contributed by atoms with Gasteiger partial charge in [-0.05, 0) is 31.6 Å². The second-order valence-electron chi connectivity index (χ2n) is 10.9. The van der Waals surface area contributed by atoms with E-state index in [-0.39, 0.29) is 0 Å². The van der Waals surface area contributed by atoms with Crippen molar-refractivity contribution in [3.63, 3.8) is 0 Å². The monoisotopic (exact) mass is 464 g/mol. The number of rotatable bonds is 20. The smallest absolute Gasteiger partial charge is 0.311 e. The van der Waals surface area contributed by atoms with E-state index >= 15 is 0 Å². The van der Waals surface area contributed by atoms with Crippen LogP contribution in [-0.2, 0) is 9.59 Å². The molecule has 2 N–H and O–H groups in total. The molecule has 2 unspecified atom stereocenters. The van der Waals surface area contributed by atoms with Gasteiger partial charge in [0.1, 0.15) is 0 Å². The summed E-state index contributed by atoms with van der Waals surface area (Å²) in [5.74, 6) is -1.03. The van der Waals surface area contributed by atoms with E-state index in [2.05, 4.69) is 13.8 Å². The van der Waals surface area contributed by atoms with E-state index in [0.29, 0.717) is 32.1 Å². The lowest BCUT2D eigenvalue weighted by Crippen LogP contribution is -2.53. The number of hydrogen-bond acceptors (Lipinski definition) is 2. The summed E-state index contributed by atoms with van der Waals surface area (Å²) in [4.78, 5) is 24.6. The lowest BCUT2D eigenvalue weighted by molar-refractivity contribution is -0.177. The molecule has 33 heavy (non-hydrogen) atoms. The molecule has 0 aromatic rings. The van der Waals surface area contributed by atoms with E-state index in [9.17, 15) is 19.8 Å². The summed E-state index contributed by atoms with van der Waals surface area (Å²) in [5.41, 5.74) is -2.34. The van der Waals surface area contributed by atoms with Gasteiger partial charge in [0.05, 0.1) is 10.8 Å². The number of carbonyl (C=O) groups is 2. The van der Waals surface area contributed by atoms with Crippen LogP contribution >= 0.6 is 0 Å². The Morgan fingerprint density at radius 3 is 1.39 bits per heavy atom. The Morgan fingerprint density at radius 1 is 0.667 bits per heavy atom. The molecule has 1 aliphatic carbocycles. The summed E-state index contributed by atoms with van der Waals surface area (Å²) in [5, 5.41) is 20.2. The number of carboxylic acid groups (broad SMARTS) is 2. The van der Waals surface area contributed by atoms with Gasteiger partial charge in [0, 0.05) is 0 Å². The third-order valence-corrected chi connectivity index (χ3v) is 7.90. The molecule has 0 aromatic heterocycles. The third kappa shape index (κ3) is 9.45. The zero-order valence-electron chi connectivity index (χ0n) is 21.9. The molecule has 0 radical (unpaired) electrons. The Morgan fingerprint density at radius 2 is 1.03 bits per heavy atom. The maximum atomic E-state index is 12.4. The highest BCUT2D eigenvalue weighted by molar-refractivity contribution is 5.87. The lowest BCUT2D eigenvalue weighted by Gasteiger charge is -2.46. The summed E-state index contributed by atoms with van der Waals surface area (Å²) in [6.45, 7) is 6.56. The van der Waals surface area contributed by atoms with Crippen molar-refractivity contribution in [2.24, 2.45) is 16.7 Å². The van der Waals surface area contributed by atoms with Crippen LogP contribution in [0.3, 0.4) is 0 Å². The Bertz CT molecular complexity index is 582. The molecule has 4 nitrogen and oxygen atoms in total. The first-order chi connectivity index (χ1) is 15.8. The second-order valence-corrected chi connectivity index (χ2v) is 10.9. The van der Waals surface area contributed by atoms with E-state index in [0.717, 1.165) is 25.2 Å². The molecule has 0 aliphatic heterocycles. The molecule has 1 aliphatic rings. The molecular weight excluding hydrogens is 412 g/mol. The minimum atomic E-state index is -1.17. The fraction of sp³-hybridized carbons (Fsp3) is 0.862.